The Morgan fingerprint density at radius 2 is 0.977 bits per heavy atom. The van der Waals surface area contributed by atoms with Gasteiger partial charge in [-0.05, 0) is 261 Å². The van der Waals surface area contributed by atoms with Gasteiger partial charge in [-0.2, -0.15) is 0 Å². The van der Waals surface area contributed by atoms with Crippen LogP contribution in [-0.4, -0.2) is 88.2 Å². The first-order valence-electron chi connectivity index (χ1n) is 41.2. The Bertz CT molecular complexity index is 5420. The zero-order valence-electron chi connectivity index (χ0n) is 73.7. The monoisotopic (exact) mass is 2190 g/mol. The summed E-state index contributed by atoms with van der Waals surface area (Å²) in [5.41, 5.74) is 6.67. The van der Waals surface area contributed by atoms with Crippen LogP contribution < -0.4 is 23.5 Å². The maximum absolute atomic E-state index is 15.0. The average Bonchev–Trinajstić information content (AvgIpc) is 1.01. The molecular formula is C97H111Br4Cl4F5N4O11Si3Ti. The number of aliphatic imine (C=N–C) groups is 1. The summed E-state index contributed by atoms with van der Waals surface area (Å²) in [6, 6.07) is 59.2. The van der Waals surface area contributed by atoms with Crippen molar-refractivity contribution in [2.24, 2.45) is 16.8 Å². The molecule has 2 aliphatic heterocycles. The van der Waals surface area contributed by atoms with Gasteiger partial charge >= 0.3 is 55.7 Å². The van der Waals surface area contributed by atoms with Crippen molar-refractivity contribution in [3.63, 3.8) is 0 Å². The first-order valence-corrected chi connectivity index (χ1v) is 61.7. The van der Waals surface area contributed by atoms with E-state index in [4.69, 9.17) is 60.3 Å². The Morgan fingerprint density at radius 1 is 0.558 bits per heavy atom. The average molecular weight is 2200 g/mol. The van der Waals surface area contributed by atoms with Gasteiger partial charge < -0.3 is 43.6 Å². The van der Waals surface area contributed by atoms with Gasteiger partial charge in [0, 0.05) is 52.2 Å². The molecule has 10 aromatic carbocycles. The van der Waals surface area contributed by atoms with E-state index in [1.54, 1.807) is 71.8 Å². The first kappa shape index (κ1) is 109. The normalized spacial score (nSPS) is 15.7. The minimum atomic E-state index is -3.11. The summed E-state index contributed by atoms with van der Waals surface area (Å²) in [5, 5.41) is 34.5. The molecule has 0 aliphatic carbocycles. The van der Waals surface area contributed by atoms with Crippen LogP contribution in [0.15, 0.2) is 247 Å². The fourth-order valence-electron chi connectivity index (χ4n) is 12.9. The van der Waals surface area contributed by atoms with Gasteiger partial charge in [0.25, 0.3) is 8.32 Å². The summed E-state index contributed by atoms with van der Waals surface area (Å²) in [6.45, 7) is 32.7. The molecule has 32 heteroatoms. The van der Waals surface area contributed by atoms with Gasteiger partial charge in [-0.25, -0.2) is 31.6 Å². The number of amides is 3. The third kappa shape index (κ3) is 32.1. The molecule has 2 saturated heterocycles. The van der Waals surface area contributed by atoms with Gasteiger partial charge in [0.15, 0.2) is 6.29 Å². The summed E-state index contributed by atoms with van der Waals surface area (Å²) in [7, 11) is 13.5. The molecule has 0 unspecified atom stereocenters. The van der Waals surface area contributed by atoms with E-state index >= 15 is 0 Å². The standard InChI is InChI=1S/C40H45BrF2N2O5Si.C30H34BrF2NO3Si.C19H23BrFNOSi.C7H5BrO2.CH4.4ClH.Ti/c1-40(2,3)51(4,5)50-36-24-28(41)13-20-33(36)37(44-31-18-16-30(43)17-19-31)34(21-22-35(46)27-11-14-29(42)15-12-27)38(47)45-32(25-49-39(45)48)23-26-9-7-6-8-10-26;1-30(2,3)38(4,5)37-27-18-20(31)8-15-24(27)28-25(16-17-26(35)19-6-9-21(32)10-7-19)29(36)34(28)23-13-11-22(33)12-14-23;1-19(2,3)24(4,5)23-18-12-15(20)7-6-14(18)13-22-17-10-8-16(21)9-11-17;8-6-2-1-5(4-9)7(10)3-6;;;;;;/h6-20,24,32,34-35,37,44,46H,21-23,25H2,1-5H3;6-15,18,25-26,28,35H,16-17H2,1-5H3;6-13H,1-5H3;1-4,10H;1H4;4*1H;/q;;;;;;;;;+4/p-4/t32-,34+,35-,37+;25-,26+,28-;;;;;;;;/m01......../s1. The van der Waals surface area contributed by atoms with Crippen molar-refractivity contribution < 1.29 is 86.8 Å². The number of rotatable bonds is 26. The van der Waals surface area contributed by atoms with Crippen LogP contribution in [0.2, 0.25) is 54.4 Å². The Balaban J connectivity index is 0.000000255. The molecule has 15 nitrogen and oxygen atoms in total. The van der Waals surface area contributed by atoms with E-state index in [2.05, 4.69) is 176 Å². The number of ether oxygens (including phenoxy) is 1. The molecule has 3 amide bonds. The van der Waals surface area contributed by atoms with Crippen LogP contribution in [-0.2, 0) is 33.1 Å². The second kappa shape index (κ2) is 47.7. The van der Waals surface area contributed by atoms with Gasteiger partial charge in [-0.1, -0.05) is 200 Å². The number of nitrogens with zero attached hydrogens (tertiary/aromatic N) is 3. The first-order chi connectivity index (χ1) is 59.7. The predicted molar refractivity (Wildman–Crippen MR) is 531 cm³/mol. The maximum atomic E-state index is 15.0. The van der Waals surface area contributed by atoms with E-state index in [1.165, 1.54) is 83.8 Å². The molecule has 0 aromatic heterocycles. The number of phenols is 1. The molecule has 12 rings (SSSR count). The number of anilines is 2. The van der Waals surface area contributed by atoms with Crippen LogP contribution in [0.4, 0.5) is 43.8 Å². The van der Waals surface area contributed by atoms with Crippen molar-refractivity contribution in [1.29, 1.82) is 0 Å². The van der Waals surface area contributed by atoms with Crippen LogP contribution in [0.3, 0.4) is 0 Å². The Labute approximate surface area is 811 Å². The number of β-lactam (4-membered cyclic amide) rings is 1. The van der Waals surface area contributed by atoms with E-state index < -0.39 is 97.1 Å². The number of imide groups is 1. The number of carbonyl (C=O) groups excluding carboxylic acids is 4. The zero-order valence-corrected chi connectivity index (χ0v) is 87.6. The number of halogens is 13. The van der Waals surface area contributed by atoms with Crippen molar-refractivity contribution in [3.8, 4) is 23.0 Å². The van der Waals surface area contributed by atoms with Crippen molar-refractivity contribution in [2.45, 2.75) is 187 Å². The molecule has 2 aliphatic rings. The SMILES string of the molecule is C.CC(C)(C)[Si](C)(C)Oc1cc(Br)ccc1C=Nc1ccc(F)cc1.CC(C)(C)[Si](C)(C)Oc1cc(Br)ccc1[C@@H](Nc1ccc(F)cc1)[C@@H](CC[C@H](O)c1ccc(F)cc1)C(=O)N1C(=O)OC[C@@H]1Cc1ccccc1.CC(C)(C)[Si](C)(C)Oc1cc(Br)ccc1[C@@H]1[C@@H](CC[C@H](O)c2ccc(F)cc2)C(=O)N1c1ccc(F)cc1.O=Cc1ccc(Br)cc1O.[Cl][Ti]([Cl])([Cl])[Cl]. The molecule has 0 radical (unpaired) electrons. The summed E-state index contributed by atoms with van der Waals surface area (Å²) in [6.07, 6.45) is 1.20. The van der Waals surface area contributed by atoms with Crippen molar-refractivity contribution in [2.75, 3.05) is 16.8 Å². The van der Waals surface area contributed by atoms with Crippen LogP contribution in [0, 0.1) is 40.9 Å². The van der Waals surface area contributed by atoms with E-state index in [-0.39, 0.29) is 77.1 Å². The number of aliphatic hydroxyl groups excluding tert-OH is 2. The molecule has 2 heterocycles. The second-order valence-corrected chi connectivity index (χ2v) is 68.8. The van der Waals surface area contributed by atoms with Crippen LogP contribution >= 0.6 is 101 Å². The zero-order chi connectivity index (χ0) is 94.8. The molecule has 4 N–H and O–H groups in total. The molecule has 7 atom stereocenters. The second-order valence-electron chi connectivity index (χ2n) is 35.5. The number of hydrogen-bond acceptors (Lipinski definition) is 13. The fraction of sp³-hybridized carbons (Fsp3) is 0.330. The molecule has 0 spiro atoms. The van der Waals surface area contributed by atoms with Gasteiger partial charge in [-0.3, -0.25) is 19.4 Å². The number of aliphatic hydroxyl groups is 2. The summed E-state index contributed by atoms with van der Waals surface area (Å²) in [5.74, 6) is -1.65. The van der Waals surface area contributed by atoms with Crippen molar-refractivity contribution in [3.05, 3.63) is 310 Å². The molecule has 0 bridgehead atoms. The number of nitrogens with one attached hydrogen (secondary N) is 1. The quantitative estimate of drug-likeness (QED) is 0.0132. The van der Waals surface area contributed by atoms with Crippen LogP contribution in [0.1, 0.15) is 163 Å². The Morgan fingerprint density at radius 3 is 1.47 bits per heavy atom. The van der Waals surface area contributed by atoms with E-state index in [9.17, 15) is 51.3 Å². The molecule has 129 heavy (non-hydrogen) atoms. The number of carbonyl (C=O) groups is 4. The number of cyclic esters (lactones) is 1. The molecule has 692 valence electrons. The fourth-order valence-corrected chi connectivity index (χ4v) is 17.4. The Kier molecular flexibility index (Phi) is 40.3. The van der Waals surface area contributed by atoms with Gasteiger partial charge in [0.05, 0.1) is 53.4 Å². The molecule has 0 saturated carbocycles. The molecule has 2 fully saturated rings. The number of hydrogen-bond donors (Lipinski definition) is 4. The van der Waals surface area contributed by atoms with E-state index in [1.807, 2.05) is 84.9 Å². The Hall–Kier alpha value is -7.04. The third-order valence-electron chi connectivity index (χ3n) is 23.1. The van der Waals surface area contributed by atoms with Gasteiger partial charge in [-0.15, -0.1) is 0 Å². The number of aldehydes is 1. The molecular weight excluding hydrogens is 2090 g/mol. The number of aromatic hydroxyl groups is 1. The third-order valence-corrected chi connectivity index (χ3v) is 38.1. The van der Waals surface area contributed by atoms with Gasteiger partial charge in [0.2, 0.25) is 28.4 Å². The summed E-state index contributed by atoms with van der Waals surface area (Å²) >= 11 is 10.7. The predicted octanol–water partition coefficient (Wildman–Crippen LogP) is 30.4. The van der Waals surface area contributed by atoms with Crippen LogP contribution in [0.5, 0.6) is 23.0 Å². The summed E-state index contributed by atoms with van der Waals surface area (Å²) < 4.78 is 96.8. The van der Waals surface area contributed by atoms with Gasteiger partial charge in [0.1, 0.15) is 58.7 Å². The van der Waals surface area contributed by atoms with Crippen LogP contribution in [0.25, 0.3) is 0 Å². The van der Waals surface area contributed by atoms with Crippen molar-refractivity contribution in [1.82, 2.24) is 4.90 Å². The molecule has 10 aromatic rings. The number of phenolic OH excluding ortho intramolecular Hbond substituents is 1. The van der Waals surface area contributed by atoms with E-state index in [0.717, 1.165) is 46.1 Å². The topological polar surface area (TPSA) is 197 Å². The van der Waals surface area contributed by atoms with Crippen molar-refractivity contribution >= 4 is 173 Å². The number of benzene rings is 10. The summed E-state index contributed by atoms with van der Waals surface area (Å²) in [4.78, 5) is 59.4. The van der Waals surface area contributed by atoms with E-state index in [0.29, 0.717) is 70.6 Å². The minimum absolute atomic E-state index is 0.